The first-order valence-electron chi connectivity index (χ1n) is 8.17. The fourth-order valence-electron chi connectivity index (χ4n) is 3.42. The molecule has 1 heterocycles. The largest absolute Gasteiger partial charge is 0.508 e. The molecule has 2 fully saturated rings. The zero-order valence-electron chi connectivity index (χ0n) is 13.6. The van der Waals surface area contributed by atoms with E-state index in [9.17, 15) is 14.7 Å². The highest BCUT2D eigenvalue weighted by Gasteiger charge is 2.33. The molecule has 3 N–H and O–H groups in total. The summed E-state index contributed by atoms with van der Waals surface area (Å²) in [5.41, 5.74) is 6.45. The SMILES string of the molecule is Cl.NC1CCC(C(=O)N2CCN(C(=O)c3ccc(O)cc3)CC2)C1. The summed E-state index contributed by atoms with van der Waals surface area (Å²) in [6, 6.07) is 6.41. The molecule has 1 saturated heterocycles. The van der Waals surface area contributed by atoms with Crippen molar-refractivity contribution in [3.05, 3.63) is 29.8 Å². The van der Waals surface area contributed by atoms with Crippen molar-refractivity contribution in [1.82, 2.24) is 9.80 Å². The third-order valence-corrected chi connectivity index (χ3v) is 4.82. The van der Waals surface area contributed by atoms with Gasteiger partial charge in [0.05, 0.1) is 0 Å². The molecule has 0 bridgehead atoms. The number of nitrogens with zero attached hydrogens (tertiary/aromatic N) is 2. The number of phenolic OH excluding ortho intramolecular Hbond substituents is 1. The molecular weight excluding hydrogens is 330 g/mol. The van der Waals surface area contributed by atoms with Crippen LogP contribution in [0.3, 0.4) is 0 Å². The Bertz CT molecular complexity index is 585. The minimum Gasteiger partial charge on any atom is -0.508 e. The Morgan fingerprint density at radius 1 is 1.00 bits per heavy atom. The number of hydrogen-bond donors (Lipinski definition) is 2. The van der Waals surface area contributed by atoms with Gasteiger partial charge in [-0.25, -0.2) is 0 Å². The maximum absolute atomic E-state index is 12.5. The topological polar surface area (TPSA) is 86.9 Å². The number of piperazine rings is 1. The lowest BCUT2D eigenvalue weighted by Gasteiger charge is -2.36. The predicted octanol–water partition coefficient (Wildman–Crippen LogP) is 1.23. The minimum atomic E-state index is -0.0556. The summed E-state index contributed by atoms with van der Waals surface area (Å²) in [5.74, 6) is 0.339. The number of amides is 2. The predicted molar refractivity (Wildman–Crippen MR) is 93.2 cm³/mol. The molecule has 1 aromatic carbocycles. The Kier molecular flexibility index (Phi) is 6.07. The molecule has 24 heavy (non-hydrogen) atoms. The van der Waals surface area contributed by atoms with Crippen molar-refractivity contribution in [3.8, 4) is 5.75 Å². The van der Waals surface area contributed by atoms with Crippen LogP contribution in [0, 0.1) is 5.92 Å². The molecular formula is C17H24ClN3O3. The van der Waals surface area contributed by atoms with Crippen LogP contribution in [-0.2, 0) is 4.79 Å². The van der Waals surface area contributed by atoms with Crippen molar-refractivity contribution in [2.75, 3.05) is 26.2 Å². The van der Waals surface area contributed by atoms with E-state index in [4.69, 9.17) is 5.73 Å². The smallest absolute Gasteiger partial charge is 0.253 e. The molecule has 1 aromatic rings. The first-order valence-corrected chi connectivity index (χ1v) is 8.17. The Morgan fingerprint density at radius 3 is 2.12 bits per heavy atom. The van der Waals surface area contributed by atoms with Gasteiger partial charge in [-0.2, -0.15) is 0 Å². The number of carbonyl (C=O) groups is 2. The van der Waals surface area contributed by atoms with E-state index in [-0.39, 0.29) is 41.9 Å². The Balaban J connectivity index is 0.00000208. The van der Waals surface area contributed by atoms with Gasteiger partial charge in [0, 0.05) is 43.7 Å². The monoisotopic (exact) mass is 353 g/mol. The molecule has 0 radical (unpaired) electrons. The van der Waals surface area contributed by atoms with Crippen LogP contribution in [0.5, 0.6) is 5.75 Å². The molecule has 1 aliphatic heterocycles. The highest BCUT2D eigenvalue weighted by molar-refractivity contribution is 5.94. The zero-order chi connectivity index (χ0) is 16.4. The van der Waals surface area contributed by atoms with E-state index < -0.39 is 0 Å². The second-order valence-corrected chi connectivity index (χ2v) is 6.43. The van der Waals surface area contributed by atoms with Crippen LogP contribution >= 0.6 is 12.4 Å². The molecule has 2 amide bonds. The normalized spacial score (nSPS) is 23.7. The first-order chi connectivity index (χ1) is 11.0. The van der Waals surface area contributed by atoms with Gasteiger partial charge in [-0.15, -0.1) is 12.4 Å². The summed E-state index contributed by atoms with van der Waals surface area (Å²) >= 11 is 0. The number of halogens is 1. The van der Waals surface area contributed by atoms with Gasteiger partial charge in [-0.1, -0.05) is 0 Å². The van der Waals surface area contributed by atoms with E-state index >= 15 is 0 Å². The van der Waals surface area contributed by atoms with Crippen LogP contribution in [0.15, 0.2) is 24.3 Å². The second-order valence-electron chi connectivity index (χ2n) is 6.43. The lowest BCUT2D eigenvalue weighted by Crippen LogP contribution is -2.51. The number of rotatable bonds is 2. The number of aromatic hydroxyl groups is 1. The molecule has 0 spiro atoms. The van der Waals surface area contributed by atoms with Crippen LogP contribution < -0.4 is 5.73 Å². The molecule has 132 valence electrons. The third kappa shape index (κ3) is 3.99. The van der Waals surface area contributed by atoms with Gasteiger partial charge in [-0.3, -0.25) is 9.59 Å². The highest BCUT2D eigenvalue weighted by atomic mass is 35.5. The summed E-state index contributed by atoms with van der Waals surface area (Å²) in [5, 5.41) is 9.29. The van der Waals surface area contributed by atoms with Crippen molar-refractivity contribution in [1.29, 1.82) is 0 Å². The Morgan fingerprint density at radius 2 is 1.58 bits per heavy atom. The molecule has 1 saturated carbocycles. The molecule has 2 atom stereocenters. The maximum atomic E-state index is 12.5. The van der Waals surface area contributed by atoms with E-state index in [1.54, 1.807) is 17.0 Å². The molecule has 1 aliphatic carbocycles. The van der Waals surface area contributed by atoms with Crippen molar-refractivity contribution in [3.63, 3.8) is 0 Å². The van der Waals surface area contributed by atoms with Gasteiger partial charge in [0.15, 0.2) is 0 Å². The van der Waals surface area contributed by atoms with Gasteiger partial charge >= 0.3 is 0 Å². The molecule has 3 rings (SSSR count). The average molecular weight is 354 g/mol. The third-order valence-electron chi connectivity index (χ3n) is 4.82. The van der Waals surface area contributed by atoms with E-state index in [1.807, 2.05) is 4.90 Å². The van der Waals surface area contributed by atoms with Gasteiger partial charge in [0.2, 0.25) is 5.91 Å². The summed E-state index contributed by atoms with van der Waals surface area (Å²) in [6.45, 7) is 2.25. The summed E-state index contributed by atoms with van der Waals surface area (Å²) in [4.78, 5) is 28.5. The standard InChI is InChI=1S/C17H23N3O3.ClH/c18-14-4-1-13(11-14)17(23)20-9-7-19(8-10-20)16(22)12-2-5-15(21)6-3-12;/h2-3,5-6,13-14,21H,1,4,7-11,18H2;1H. The van der Waals surface area contributed by atoms with Crippen LogP contribution in [0.2, 0.25) is 0 Å². The molecule has 7 heteroatoms. The van der Waals surface area contributed by atoms with Crippen molar-refractivity contribution in [2.45, 2.75) is 25.3 Å². The van der Waals surface area contributed by atoms with Crippen LogP contribution in [0.4, 0.5) is 0 Å². The Labute approximate surface area is 148 Å². The van der Waals surface area contributed by atoms with Crippen LogP contribution in [0.25, 0.3) is 0 Å². The van der Waals surface area contributed by atoms with E-state index in [0.29, 0.717) is 31.7 Å². The number of phenols is 1. The van der Waals surface area contributed by atoms with Gasteiger partial charge < -0.3 is 20.6 Å². The molecule has 2 unspecified atom stereocenters. The number of benzene rings is 1. The quantitative estimate of drug-likeness (QED) is 0.837. The van der Waals surface area contributed by atoms with Crippen LogP contribution in [-0.4, -0.2) is 58.9 Å². The lowest BCUT2D eigenvalue weighted by atomic mass is 10.1. The fraction of sp³-hybridized carbons (Fsp3) is 0.529. The van der Waals surface area contributed by atoms with Crippen LogP contribution in [0.1, 0.15) is 29.6 Å². The van der Waals surface area contributed by atoms with Gasteiger partial charge in [-0.05, 0) is 43.5 Å². The zero-order valence-corrected chi connectivity index (χ0v) is 14.4. The minimum absolute atomic E-state index is 0. The summed E-state index contributed by atoms with van der Waals surface area (Å²) in [7, 11) is 0. The van der Waals surface area contributed by atoms with Gasteiger partial charge in [0.25, 0.3) is 5.91 Å². The summed E-state index contributed by atoms with van der Waals surface area (Å²) in [6.07, 6.45) is 2.59. The van der Waals surface area contributed by atoms with Crippen molar-refractivity contribution >= 4 is 24.2 Å². The van der Waals surface area contributed by atoms with Crippen molar-refractivity contribution < 1.29 is 14.7 Å². The first kappa shape index (κ1) is 18.5. The van der Waals surface area contributed by atoms with E-state index in [0.717, 1.165) is 19.3 Å². The molecule has 0 aromatic heterocycles. The second kappa shape index (κ2) is 7.85. The summed E-state index contributed by atoms with van der Waals surface area (Å²) < 4.78 is 0. The fourth-order valence-corrected chi connectivity index (χ4v) is 3.42. The van der Waals surface area contributed by atoms with E-state index in [2.05, 4.69) is 0 Å². The molecule has 2 aliphatic rings. The van der Waals surface area contributed by atoms with Gasteiger partial charge in [0.1, 0.15) is 5.75 Å². The number of carbonyl (C=O) groups excluding carboxylic acids is 2. The number of nitrogens with two attached hydrogens (primary N) is 1. The molecule has 6 nitrogen and oxygen atoms in total. The lowest BCUT2D eigenvalue weighted by molar-refractivity contribution is -0.136. The number of hydrogen-bond acceptors (Lipinski definition) is 4. The average Bonchev–Trinajstić information content (AvgIpc) is 3.01. The van der Waals surface area contributed by atoms with E-state index in [1.165, 1.54) is 12.1 Å². The van der Waals surface area contributed by atoms with Crippen molar-refractivity contribution in [2.24, 2.45) is 11.7 Å². The highest BCUT2D eigenvalue weighted by Crippen LogP contribution is 2.26. The Hall–Kier alpha value is -1.79. The maximum Gasteiger partial charge on any atom is 0.253 e.